The third-order valence-electron chi connectivity index (χ3n) is 5.80. The molecule has 182 valence electrons. The van der Waals surface area contributed by atoms with E-state index in [4.69, 9.17) is 9.47 Å². The number of aliphatic hydroxyl groups is 3. The Labute approximate surface area is 191 Å². The summed E-state index contributed by atoms with van der Waals surface area (Å²) >= 11 is 0. The van der Waals surface area contributed by atoms with Crippen molar-refractivity contribution < 1.29 is 29.6 Å². The van der Waals surface area contributed by atoms with Crippen molar-refractivity contribution in [1.29, 1.82) is 0 Å². The summed E-state index contributed by atoms with van der Waals surface area (Å²) in [5.74, 6) is 0. The van der Waals surface area contributed by atoms with Crippen molar-refractivity contribution in [2.75, 3.05) is 13.2 Å². The molecule has 0 aromatic heterocycles. The van der Waals surface area contributed by atoms with Gasteiger partial charge in [-0.1, -0.05) is 82.2 Å². The largest absolute Gasteiger partial charge is 0.445 e. The SMILES string of the molecule is CCCCCCCCCCN[C@@H]1O[C@H](CO)[C@@H](O)[C@H](O)[C@@H]1NC(=O)OCc1ccccc1. The van der Waals surface area contributed by atoms with Gasteiger partial charge in [-0.2, -0.15) is 0 Å². The summed E-state index contributed by atoms with van der Waals surface area (Å²) in [5, 5.41) is 36.0. The molecule has 1 heterocycles. The number of carbonyl (C=O) groups is 1. The van der Waals surface area contributed by atoms with Crippen LogP contribution in [0, 0.1) is 0 Å². The molecular weight excluding hydrogens is 412 g/mol. The molecule has 0 radical (unpaired) electrons. The number of ether oxygens (including phenoxy) is 2. The zero-order valence-corrected chi connectivity index (χ0v) is 19.1. The Morgan fingerprint density at radius 1 is 1.00 bits per heavy atom. The zero-order chi connectivity index (χ0) is 23.2. The van der Waals surface area contributed by atoms with Gasteiger partial charge in [-0.05, 0) is 18.5 Å². The highest BCUT2D eigenvalue weighted by atomic mass is 16.6. The van der Waals surface area contributed by atoms with E-state index in [0.29, 0.717) is 6.54 Å². The lowest BCUT2D eigenvalue weighted by Crippen LogP contribution is -2.67. The minimum atomic E-state index is -1.32. The molecule has 1 saturated heterocycles. The third-order valence-corrected chi connectivity index (χ3v) is 5.80. The van der Waals surface area contributed by atoms with Gasteiger partial charge in [0.1, 0.15) is 37.2 Å². The van der Waals surface area contributed by atoms with Crippen LogP contribution < -0.4 is 10.6 Å². The molecule has 1 amide bonds. The molecule has 0 saturated carbocycles. The molecule has 32 heavy (non-hydrogen) atoms. The van der Waals surface area contributed by atoms with Crippen LogP contribution in [-0.4, -0.2) is 65.1 Å². The molecule has 1 fully saturated rings. The van der Waals surface area contributed by atoms with Crippen LogP contribution in [0.1, 0.15) is 63.9 Å². The Bertz CT molecular complexity index is 632. The molecule has 8 heteroatoms. The molecule has 2 rings (SSSR count). The summed E-state index contributed by atoms with van der Waals surface area (Å²) in [6.07, 6.45) is 4.50. The lowest BCUT2D eigenvalue weighted by atomic mass is 9.96. The van der Waals surface area contributed by atoms with Crippen molar-refractivity contribution in [3.63, 3.8) is 0 Å². The van der Waals surface area contributed by atoms with Crippen LogP contribution in [0.15, 0.2) is 30.3 Å². The predicted octanol–water partition coefficient (Wildman–Crippen LogP) is 2.45. The van der Waals surface area contributed by atoms with Crippen molar-refractivity contribution >= 4 is 6.09 Å². The predicted molar refractivity (Wildman–Crippen MR) is 122 cm³/mol. The van der Waals surface area contributed by atoms with Crippen LogP contribution in [0.3, 0.4) is 0 Å². The van der Waals surface area contributed by atoms with E-state index >= 15 is 0 Å². The van der Waals surface area contributed by atoms with E-state index in [0.717, 1.165) is 18.4 Å². The number of benzene rings is 1. The lowest BCUT2D eigenvalue weighted by molar-refractivity contribution is -0.200. The van der Waals surface area contributed by atoms with Crippen molar-refractivity contribution in [2.24, 2.45) is 0 Å². The van der Waals surface area contributed by atoms with Gasteiger partial charge in [0.25, 0.3) is 0 Å². The Morgan fingerprint density at radius 2 is 1.66 bits per heavy atom. The minimum Gasteiger partial charge on any atom is -0.445 e. The summed E-state index contributed by atoms with van der Waals surface area (Å²) in [5.41, 5.74) is 0.841. The van der Waals surface area contributed by atoms with Crippen molar-refractivity contribution in [3.8, 4) is 0 Å². The molecule has 0 unspecified atom stereocenters. The molecule has 1 aromatic carbocycles. The van der Waals surface area contributed by atoms with Gasteiger partial charge in [0.2, 0.25) is 0 Å². The van der Waals surface area contributed by atoms with Crippen LogP contribution in [-0.2, 0) is 16.1 Å². The summed E-state index contributed by atoms with van der Waals surface area (Å²) in [4.78, 5) is 12.3. The van der Waals surface area contributed by atoms with E-state index in [1.807, 2.05) is 30.3 Å². The Kier molecular flexibility index (Phi) is 12.6. The minimum absolute atomic E-state index is 0.0918. The van der Waals surface area contributed by atoms with E-state index in [2.05, 4.69) is 17.6 Å². The molecule has 5 N–H and O–H groups in total. The third kappa shape index (κ3) is 9.03. The molecule has 8 nitrogen and oxygen atoms in total. The van der Waals surface area contributed by atoms with Crippen LogP contribution >= 0.6 is 0 Å². The first kappa shape index (κ1) is 26.5. The van der Waals surface area contributed by atoms with Gasteiger partial charge < -0.3 is 30.1 Å². The second-order valence-electron chi connectivity index (χ2n) is 8.42. The number of unbranched alkanes of at least 4 members (excludes halogenated alkanes) is 7. The molecule has 1 aliphatic heterocycles. The van der Waals surface area contributed by atoms with E-state index in [-0.39, 0.29) is 6.61 Å². The van der Waals surface area contributed by atoms with E-state index in [1.54, 1.807) is 0 Å². The topological polar surface area (TPSA) is 120 Å². The van der Waals surface area contributed by atoms with Gasteiger partial charge in [0, 0.05) is 0 Å². The summed E-state index contributed by atoms with van der Waals surface area (Å²) in [6, 6.07) is 8.36. The number of aliphatic hydroxyl groups excluding tert-OH is 3. The molecule has 1 aliphatic rings. The molecule has 0 aliphatic carbocycles. The van der Waals surface area contributed by atoms with Gasteiger partial charge in [-0.3, -0.25) is 5.32 Å². The van der Waals surface area contributed by atoms with Gasteiger partial charge in [0.15, 0.2) is 0 Å². The highest BCUT2D eigenvalue weighted by Crippen LogP contribution is 2.20. The molecule has 5 atom stereocenters. The highest BCUT2D eigenvalue weighted by Gasteiger charge is 2.45. The molecular formula is C24H40N2O6. The number of hydrogen-bond donors (Lipinski definition) is 5. The Hall–Kier alpha value is -1.71. The number of alkyl carbamates (subject to hydrolysis) is 1. The van der Waals surface area contributed by atoms with Crippen LogP contribution in [0.2, 0.25) is 0 Å². The maximum absolute atomic E-state index is 12.3. The fourth-order valence-electron chi connectivity index (χ4n) is 3.86. The maximum Gasteiger partial charge on any atom is 0.407 e. The summed E-state index contributed by atoms with van der Waals surface area (Å²) in [6.45, 7) is 2.51. The van der Waals surface area contributed by atoms with Crippen molar-refractivity contribution in [3.05, 3.63) is 35.9 Å². The monoisotopic (exact) mass is 452 g/mol. The van der Waals surface area contributed by atoms with Gasteiger partial charge in [-0.15, -0.1) is 0 Å². The summed E-state index contributed by atoms with van der Waals surface area (Å²) in [7, 11) is 0. The fraction of sp³-hybridized carbons (Fsp3) is 0.708. The molecule has 0 bridgehead atoms. The highest BCUT2D eigenvalue weighted by molar-refractivity contribution is 5.67. The van der Waals surface area contributed by atoms with Gasteiger partial charge in [0.05, 0.1) is 6.61 Å². The lowest BCUT2D eigenvalue weighted by Gasteiger charge is -2.42. The van der Waals surface area contributed by atoms with Gasteiger partial charge >= 0.3 is 6.09 Å². The average Bonchev–Trinajstić information content (AvgIpc) is 2.81. The zero-order valence-electron chi connectivity index (χ0n) is 19.1. The number of carbonyl (C=O) groups excluding carboxylic acids is 1. The molecule has 1 aromatic rings. The van der Waals surface area contributed by atoms with Crippen molar-refractivity contribution in [2.45, 2.75) is 95.5 Å². The smallest absolute Gasteiger partial charge is 0.407 e. The normalized spacial score (nSPS) is 25.4. The van der Waals surface area contributed by atoms with Crippen molar-refractivity contribution in [1.82, 2.24) is 10.6 Å². The number of hydrogen-bond acceptors (Lipinski definition) is 7. The Balaban J connectivity index is 1.80. The second kappa shape index (κ2) is 15.2. The van der Waals surface area contributed by atoms with Crippen LogP contribution in [0.4, 0.5) is 4.79 Å². The Morgan fingerprint density at radius 3 is 2.31 bits per heavy atom. The first-order valence-electron chi connectivity index (χ1n) is 11.9. The first-order chi connectivity index (χ1) is 15.6. The standard InChI is InChI=1S/C24H40N2O6/c1-2-3-4-5-6-7-8-12-15-25-23-20(22(29)21(28)19(16-27)32-23)26-24(30)31-17-18-13-10-9-11-14-18/h9-11,13-14,19-23,25,27-29H,2-8,12,15-17H2,1H3,(H,26,30)/t19-,20+,21-,22-,23-/m1/s1. The van der Waals surface area contributed by atoms with E-state index < -0.39 is 43.3 Å². The number of nitrogens with one attached hydrogen (secondary N) is 2. The van der Waals surface area contributed by atoms with E-state index in [1.165, 1.54) is 38.5 Å². The van der Waals surface area contributed by atoms with Crippen LogP contribution in [0.5, 0.6) is 0 Å². The van der Waals surface area contributed by atoms with Crippen LogP contribution in [0.25, 0.3) is 0 Å². The fourth-order valence-corrected chi connectivity index (χ4v) is 3.86. The quantitative estimate of drug-likeness (QED) is 0.275. The maximum atomic E-state index is 12.3. The summed E-state index contributed by atoms with van der Waals surface area (Å²) < 4.78 is 11.0. The molecule has 0 spiro atoms. The second-order valence-corrected chi connectivity index (χ2v) is 8.42. The first-order valence-corrected chi connectivity index (χ1v) is 11.9. The van der Waals surface area contributed by atoms with E-state index in [9.17, 15) is 20.1 Å². The number of amides is 1. The van der Waals surface area contributed by atoms with Gasteiger partial charge in [-0.25, -0.2) is 4.79 Å². The number of rotatable bonds is 14. The average molecular weight is 453 g/mol.